The van der Waals surface area contributed by atoms with E-state index in [1.807, 2.05) is 12.3 Å². The Morgan fingerprint density at radius 1 is 0.333 bits per heavy atom. The number of pyridine rings is 2. The number of hydrogen-bond acceptors (Lipinski definition) is 2. The molecule has 0 N–H and O–H groups in total. The van der Waals surface area contributed by atoms with Gasteiger partial charge in [0.05, 0.1) is 16.7 Å². The molecule has 0 amide bonds. The second kappa shape index (κ2) is 10.6. The van der Waals surface area contributed by atoms with E-state index in [1.54, 1.807) is 0 Å². The molecule has 0 radical (unpaired) electrons. The fraction of sp³-hybridized carbons (Fsp3) is 0. The smallest absolute Gasteiger partial charge is 0.0800 e. The molecule has 2 nitrogen and oxygen atoms in total. The summed E-state index contributed by atoms with van der Waals surface area (Å²) in [6, 6.07) is 58.9. The van der Waals surface area contributed by atoms with Gasteiger partial charge in [-0.2, -0.15) is 0 Å². The van der Waals surface area contributed by atoms with Gasteiger partial charge in [-0.15, -0.1) is 0 Å². The highest BCUT2D eigenvalue weighted by Gasteiger charge is 2.21. The van der Waals surface area contributed by atoms with Gasteiger partial charge in [0.2, 0.25) is 0 Å². The zero-order valence-corrected chi connectivity index (χ0v) is 26.1. The molecule has 0 aliphatic heterocycles. The minimum Gasteiger partial charge on any atom is -0.256 e. The summed E-state index contributed by atoms with van der Waals surface area (Å²) < 4.78 is 0. The zero-order valence-electron chi connectivity index (χ0n) is 26.1. The lowest BCUT2D eigenvalue weighted by Gasteiger charge is -2.19. The highest BCUT2D eigenvalue weighted by molar-refractivity contribution is 6.27. The Labute approximate surface area is 277 Å². The van der Waals surface area contributed by atoms with Gasteiger partial charge in [0.15, 0.2) is 0 Å². The van der Waals surface area contributed by atoms with Crippen LogP contribution in [0, 0.1) is 0 Å². The molecule has 0 atom stereocenters. The molecule has 2 heterocycles. The summed E-state index contributed by atoms with van der Waals surface area (Å²) in [5.41, 5.74) is 8.88. The maximum absolute atomic E-state index is 5.45. The van der Waals surface area contributed by atoms with Crippen LogP contribution in [0.15, 0.2) is 170 Å². The van der Waals surface area contributed by atoms with Crippen molar-refractivity contribution >= 4 is 64.9 Å². The first-order chi connectivity index (χ1) is 23.8. The minimum absolute atomic E-state index is 1.00. The quantitative estimate of drug-likeness (QED) is 0.147. The maximum atomic E-state index is 5.45. The van der Waals surface area contributed by atoms with Crippen LogP contribution < -0.4 is 0 Å². The molecule has 10 aromatic rings. The van der Waals surface area contributed by atoms with Crippen LogP contribution in [0.25, 0.3) is 98.4 Å². The third-order valence-corrected chi connectivity index (χ3v) is 9.83. The van der Waals surface area contributed by atoms with E-state index in [0.29, 0.717) is 0 Å². The second-order valence-electron chi connectivity index (χ2n) is 12.5. The summed E-state index contributed by atoms with van der Waals surface area (Å²) in [7, 11) is 0. The second-order valence-corrected chi connectivity index (χ2v) is 12.5. The van der Waals surface area contributed by atoms with E-state index in [1.165, 1.54) is 65.2 Å². The van der Waals surface area contributed by atoms with Crippen LogP contribution in [0.2, 0.25) is 0 Å². The average Bonchev–Trinajstić information content (AvgIpc) is 3.16. The number of aromatic nitrogens is 2. The topological polar surface area (TPSA) is 25.8 Å². The fourth-order valence-corrected chi connectivity index (χ4v) is 7.69. The minimum atomic E-state index is 1.00. The molecule has 0 spiro atoms. The molecule has 0 aliphatic carbocycles. The first-order valence-corrected chi connectivity index (χ1v) is 16.4. The number of hydrogen-bond donors (Lipinski definition) is 0. The first-order valence-electron chi connectivity index (χ1n) is 16.4. The zero-order chi connectivity index (χ0) is 31.6. The van der Waals surface area contributed by atoms with E-state index < -0.39 is 0 Å². The normalized spacial score (nSPS) is 11.8. The van der Waals surface area contributed by atoms with Gasteiger partial charge in [-0.1, -0.05) is 140 Å². The van der Waals surface area contributed by atoms with Gasteiger partial charge in [0.25, 0.3) is 0 Å². The summed E-state index contributed by atoms with van der Waals surface area (Å²) in [4.78, 5) is 10.2. The van der Waals surface area contributed by atoms with E-state index in [9.17, 15) is 0 Å². The van der Waals surface area contributed by atoms with Gasteiger partial charge in [0, 0.05) is 38.9 Å². The predicted molar refractivity (Wildman–Crippen MR) is 203 cm³/mol. The molecule has 48 heavy (non-hydrogen) atoms. The standard InChI is InChI=1S/C46H28N2/c1-3-16-34-29(12-1)24-25-40-44(34)39-21-8-10-23-42(39)48-46(40)45-37-19-6-4-17-35(37)43(36-18-5-7-20-38(36)45)32-15-11-14-30(26-32)33-27-31-13-2-9-22-41(31)47-28-33/h1-28H. The molecular weight excluding hydrogens is 581 g/mol. The van der Waals surface area contributed by atoms with Gasteiger partial charge in [-0.3, -0.25) is 4.98 Å². The summed E-state index contributed by atoms with van der Waals surface area (Å²) in [6.45, 7) is 0. The lowest BCUT2D eigenvalue weighted by molar-refractivity contribution is 1.41. The number of rotatable bonds is 3. The van der Waals surface area contributed by atoms with Crippen LogP contribution in [0.4, 0.5) is 0 Å². The van der Waals surface area contributed by atoms with Gasteiger partial charge in [-0.25, -0.2) is 4.98 Å². The van der Waals surface area contributed by atoms with Crippen molar-refractivity contribution < 1.29 is 0 Å². The van der Waals surface area contributed by atoms with Crippen molar-refractivity contribution in [2.24, 2.45) is 0 Å². The van der Waals surface area contributed by atoms with Gasteiger partial charge in [-0.05, 0) is 73.3 Å². The molecule has 0 fully saturated rings. The van der Waals surface area contributed by atoms with Crippen molar-refractivity contribution in [3.8, 4) is 33.5 Å². The molecular formula is C46H28N2. The molecule has 2 heteroatoms. The molecule has 0 unspecified atom stereocenters. The Kier molecular flexibility index (Phi) is 5.91. The Morgan fingerprint density at radius 2 is 0.917 bits per heavy atom. The molecule has 222 valence electrons. The highest BCUT2D eigenvalue weighted by atomic mass is 14.7. The third kappa shape index (κ3) is 4.06. The largest absolute Gasteiger partial charge is 0.256 e. The molecule has 0 aliphatic rings. The first kappa shape index (κ1) is 26.8. The van der Waals surface area contributed by atoms with Gasteiger partial charge >= 0.3 is 0 Å². The predicted octanol–water partition coefficient (Wildman–Crippen LogP) is 12.4. The van der Waals surface area contributed by atoms with E-state index in [2.05, 4.69) is 158 Å². The summed E-state index contributed by atoms with van der Waals surface area (Å²) in [6.07, 6.45) is 1.99. The molecule has 0 saturated carbocycles. The van der Waals surface area contributed by atoms with E-state index >= 15 is 0 Å². The fourth-order valence-electron chi connectivity index (χ4n) is 7.69. The van der Waals surface area contributed by atoms with Crippen molar-refractivity contribution in [2.75, 3.05) is 0 Å². The SMILES string of the molecule is c1cc(-c2cnc3ccccc3c2)cc(-c2c3ccccc3c(-c3nc4ccccc4c4c3ccc3ccccc34)c3ccccc23)c1. The van der Waals surface area contributed by atoms with Crippen molar-refractivity contribution in [2.45, 2.75) is 0 Å². The van der Waals surface area contributed by atoms with E-state index in [4.69, 9.17) is 9.97 Å². The number of benzene rings is 8. The maximum Gasteiger partial charge on any atom is 0.0800 e. The highest BCUT2D eigenvalue weighted by Crippen LogP contribution is 2.46. The Bertz CT molecular complexity index is 2830. The van der Waals surface area contributed by atoms with Crippen molar-refractivity contribution in [1.82, 2.24) is 9.97 Å². The van der Waals surface area contributed by atoms with Crippen molar-refractivity contribution in [1.29, 1.82) is 0 Å². The van der Waals surface area contributed by atoms with E-state index in [0.717, 1.165) is 33.2 Å². The summed E-state index contributed by atoms with van der Waals surface area (Å²) >= 11 is 0. The van der Waals surface area contributed by atoms with Crippen molar-refractivity contribution in [3.05, 3.63) is 170 Å². The summed E-state index contributed by atoms with van der Waals surface area (Å²) in [5, 5.41) is 12.0. The third-order valence-electron chi connectivity index (χ3n) is 9.83. The molecule has 8 aromatic carbocycles. The molecule has 10 rings (SSSR count). The lowest BCUT2D eigenvalue weighted by atomic mass is 9.85. The molecule has 0 bridgehead atoms. The Morgan fingerprint density at radius 3 is 1.67 bits per heavy atom. The Hall–Kier alpha value is -6.38. The van der Waals surface area contributed by atoms with Crippen LogP contribution in [0.1, 0.15) is 0 Å². The van der Waals surface area contributed by atoms with Crippen LogP contribution in [0.5, 0.6) is 0 Å². The molecule has 0 saturated heterocycles. The number of nitrogens with zero attached hydrogens (tertiary/aromatic N) is 2. The van der Waals surface area contributed by atoms with Crippen LogP contribution in [0.3, 0.4) is 0 Å². The summed E-state index contributed by atoms with van der Waals surface area (Å²) in [5.74, 6) is 0. The number of fused-ring (bicyclic) bond motifs is 8. The Balaban J connectivity index is 1.29. The monoisotopic (exact) mass is 608 g/mol. The van der Waals surface area contributed by atoms with Gasteiger partial charge in [0.1, 0.15) is 0 Å². The van der Waals surface area contributed by atoms with Gasteiger partial charge < -0.3 is 0 Å². The van der Waals surface area contributed by atoms with Crippen LogP contribution in [-0.4, -0.2) is 9.97 Å². The van der Waals surface area contributed by atoms with Crippen LogP contribution in [-0.2, 0) is 0 Å². The van der Waals surface area contributed by atoms with E-state index in [-0.39, 0.29) is 0 Å². The lowest BCUT2D eigenvalue weighted by Crippen LogP contribution is -1.95. The average molecular weight is 609 g/mol. The molecule has 2 aromatic heterocycles. The number of para-hydroxylation sites is 2. The van der Waals surface area contributed by atoms with Crippen LogP contribution >= 0.6 is 0 Å². The van der Waals surface area contributed by atoms with Crippen molar-refractivity contribution in [3.63, 3.8) is 0 Å².